The Kier molecular flexibility index (Phi) is 5.23. The van der Waals surface area contributed by atoms with Crippen molar-refractivity contribution in [1.82, 2.24) is 10.2 Å². The fraction of sp³-hybridized carbons (Fsp3) is 0.588. The van der Waals surface area contributed by atoms with Crippen LogP contribution in [0.15, 0.2) is 24.3 Å². The third-order valence-electron chi connectivity index (χ3n) is 4.42. The van der Waals surface area contributed by atoms with Crippen molar-refractivity contribution in [2.24, 2.45) is 5.41 Å². The monoisotopic (exact) mass is 290 g/mol. The number of hydrogen-bond acceptors (Lipinski definition) is 3. The first-order valence-electron chi connectivity index (χ1n) is 7.72. The number of ether oxygens (including phenoxy) is 1. The first kappa shape index (κ1) is 15.8. The summed E-state index contributed by atoms with van der Waals surface area (Å²) >= 11 is 0. The van der Waals surface area contributed by atoms with E-state index in [2.05, 4.69) is 12.2 Å². The van der Waals surface area contributed by atoms with Crippen LogP contribution >= 0.6 is 0 Å². The molecule has 1 aliphatic rings. The molecule has 21 heavy (non-hydrogen) atoms. The molecule has 1 aromatic carbocycles. The number of methoxy groups -OCH3 is 1. The van der Waals surface area contributed by atoms with E-state index in [1.165, 1.54) is 0 Å². The minimum Gasteiger partial charge on any atom is -0.497 e. The molecule has 4 nitrogen and oxygen atoms in total. The molecule has 1 N–H and O–H groups in total. The molecule has 0 spiro atoms. The fourth-order valence-corrected chi connectivity index (χ4v) is 2.85. The van der Waals surface area contributed by atoms with Gasteiger partial charge in [0.15, 0.2) is 0 Å². The molecule has 0 aliphatic carbocycles. The molecular formula is C17H26N2O2. The number of carbonyl (C=O) groups is 1. The fourth-order valence-electron chi connectivity index (χ4n) is 2.85. The van der Waals surface area contributed by atoms with Crippen LogP contribution in [0.3, 0.4) is 0 Å². The van der Waals surface area contributed by atoms with Crippen LogP contribution in [0.25, 0.3) is 0 Å². The lowest BCUT2D eigenvalue weighted by Gasteiger charge is -2.37. The molecule has 1 aromatic rings. The summed E-state index contributed by atoms with van der Waals surface area (Å²) in [5.41, 5.74) is 0.928. The third-order valence-corrected chi connectivity index (χ3v) is 4.42. The number of carbonyl (C=O) groups excluding carboxylic acids is 1. The Hall–Kier alpha value is -1.55. The van der Waals surface area contributed by atoms with Crippen LogP contribution in [0, 0.1) is 5.41 Å². The highest BCUT2D eigenvalue weighted by molar-refractivity contribution is 5.82. The molecule has 0 atom stereocenters. The van der Waals surface area contributed by atoms with Crippen LogP contribution in [-0.4, -0.2) is 37.6 Å². The maximum atomic E-state index is 12.9. The Morgan fingerprint density at radius 3 is 2.43 bits per heavy atom. The lowest BCUT2D eigenvalue weighted by Crippen LogP contribution is -2.47. The summed E-state index contributed by atoms with van der Waals surface area (Å²) in [6, 6.07) is 7.94. The molecule has 0 bridgehead atoms. The first-order valence-corrected chi connectivity index (χ1v) is 7.72. The molecule has 0 unspecified atom stereocenters. The Labute approximate surface area is 127 Å². The molecule has 0 aromatic heterocycles. The van der Waals surface area contributed by atoms with Gasteiger partial charge in [-0.15, -0.1) is 0 Å². The van der Waals surface area contributed by atoms with Gasteiger partial charge in [0.25, 0.3) is 0 Å². The number of piperidine rings is 1. The van der Waals surface area contributed by atoms with E-state index in [4.69, 9.17) is 4.74 Å². The van der Waals surface area contributed by atoms with Crippen LogP contribution in [0.4, 0.5) is 0 Å². The summed E-state index contributed by atoms with van der Waals surface area (Å²) in [6.45, 7) is 7.43. The number of amides is 1. The molecule has 0 radical (unpaired) electrons. The van der Waals surface area contributed by atoms with E-state index in [0.717, 1.165) is 43.8 Å². The molecule has 1 fully saturated rings. The van der Waals surface area contributed by atoms with Gasteiger partial charge in [0, 0.05) is 18.5 Å². The maximum Gasteiger partial charge on any atom is 0.228 e. The van der Waals surface area contributed by atoms with Gasteiger partial charge in [-0.2, -0.15) is 0 Å². The summed E-state index contributed by atoms with van der Waals surface area (Å²) < 4.78 is 5.17. The standard InChI is InChI=1S/C17H26N2O2/c1-4-19(13-14-5-7-15(21-3)8-6-14)16(20)17(2)9-11-18-12-10-17/h5-8,18H,4,9-13H2,1-3H3. The number of rotatable bonds is 5. The molecule has 0 saturated carbocycles. The van der Waals surface area contributed by atoms with Crippen LogP contribution in [-0.2, 0) is 11.3 Å². The van der Waals surface area contributed by atoms with Crippen LogP contribution in [0.1, 0.15) is 32.3 Å². The average molecular weight is 290 g/mol. The minimum absolute atomic E-state index is 0.215. The Bertz CT molecular complexity index is 464. The second kappa shape index (κ2) is 6.94. The second-order valence-electron chi connectivity index (χ2n) is 5.98. The molecular weight excluding hydrogens is 264 g/mol. The van der Waals surface area contributed by atoms with Gasteiger partial charge in [0.1, 0.15) is 5.75 Å². The third kappa shape index (κ3) is 3.76. The van der Waals surface area contributed by atoms with E-state index in [1.54, 1.807) is 7.11 Å². The Morgan fingerprint density at radius 1 is 1.29 bits per heavy atom. The zero-order valence-electron chi connectivity index (χ0n) is 13.3. The smallest absolute Gasteiger partial charge is 0.228 e. The zero-order chi connectivity index (χ0) is 15.3. The van der Waals surface area contributed by atoms with Crippen molar-refractivity contribution < 1.29 is 9.53 Å². The second-order valence-corrected chi connectivity index (χ2v) is 5.98. The van der Waals surface area contributed by atoms with Gasteiger partial charge in [-0.05, 0) is 50.6 Å². The molecule has 1 saturated heterocycles. The lowest BCUT2D eigenvalue weighted by molar-refractivity contribution is -0.143. The van der Waals surface area contributed by atoms with Gasteiger partial charge >= 0.3 is 0 Å². The van der Waals surface area contributed by atoms with E-state index >= 15 is 0 Å². The quantitative estimate of drug-likeness (QED) is 0.905. The van der Waals surface area contributed by atoms with Crippen molar-refractivity contribution >= 4 is 5.91 Å². The topological polar surface area (TPSA) is 41.6 Å². The van der Waals surface area contributed by atoms with Crippen LogP contribution in [0.5, 0.6) is 5.75 Å². The average Bonchev–Trinajstić information content (AvgIpc) is 2.53. The van der Waals surface area contributed by atoms with Crippen LogP contribution in [0.2, 0.25) is 0 Å². The predicted octanol–water partition coefficient (Wildman–Crippen LogP) is 2.43. The van der Waals surface area contributed by atoms with Crippen molar-refractivity contribution in [3.8, 4) is 5.75 Å². The van der Waals surface area contributed by atoms with Crippen molar-refractivity contribution in [3.63, 3.8) is 0 Å². The first-order chi connectivity index (χ1) is 10.1. The van der Waals surface area contributed by atoms with E-state index in [1.807, 2.05) is 36.1 Å². The van der Waals surface area contributed by atoms with Gasteiger partial charge in [-0.25, -0.2) is 0 Å². The summed E-state index contributed by atoms with van der Waals surface area (Å²) in [4.78, 5) is 14.8. The SMILES string of the molecule is CCN(Cc1ccc(OC)cc1)C(=O)C1(C)CCNCC1. The highest BCUT2D eigenvalue weighted by Gasteiger charge is 2.37. The Balaban J connectivity index is 2.05. The summed E-state index contributed by atoms with van der Waals surface area (Å²) in [6.07, 6.45) is 1.84. The molecule has 1 amide bonds. The number of hydrogen-bond donors (Lipinski definition) is 1. The van der Waals surface area contributed by atoms with E-state index in [-0.39, 0.29) is 11.3 Å². The largest absolute Gasteiger partial charge is 0.497 e. The highest BCUT2D eigenvalue weighted by Crippen LogP contribution is 2.31. The summed E-state index contributed by atoms with van der Waals surface area (Å²) in [5, 5.41) is 3.33. The Morgan fingerprint density at radius 2 is 1.90 bits per heavy atom. The molecule has 2 rings (SSSR count). The molecule has 4 heteroatoms. The van der Waals surface area contributed by atoms with Crippen molar-refractivity contribution in [1.29, 1.82) is 0 Å². The van der Waals surface area contributed by atoms with E-state index in [9.17, 15) is 4.79 Å². The highest BCUT2D eigenvalue weighted by atomic mass is 16.5. The van der Waals surface area contributed by atoms with Gasteiger partial charge in [0.05, 0.1) is 7.11 Å². The van der Waals surface area contributed by atoms with Crippen molar-refractivity contribution in [2.75, 3.05) is 26.7 Å². The lowest BCUT2D eigenvalue weighted by atomic mass is 9.79. The van der Waals surface area contributed by atoms with Crippen LogP contribution < -0.4 is 10.1 Å². The van der Waals surface area contributed by atoms with E-state index in [0.29, 0.717) is 6.54 Å². The normalized spacial score (nSPS) is 17.3. The van der Waals surface area contributed by atoms with Gasteiger partial charge in [-0.3, -0.25) is 4.79 Å². The summed E-state index contributed by atoms with van der Waals surface area (Å²) in [5.74, 6) is 1.13. The van der Waals surface area contributed by atoms with Crippen molar-refractivity contribution in [3.05, 3.63) is 29.8 Å². The number of nitrogens with one attached hydrogen (secondary N) is 1. The van der Waals surface area contributed by atoms with Crippen molar-refractivity contribution in [2.45, 2.75) is 33.2 Å². The summed E-state index contributed by atoms with van der Waals surface area (Å²) in [7, 11) is 1.66. The van der Waals surface area contributed by atoms with Gasteiger partial charge in [-0.1, -0.05) is 19.1 Å². The molecule has 1 heterocycles. The van der Waals surface area contributed by atoms with Gasteiger partial charge in [0.2, 0.25) is 5.91 Å². The van der Waals surface area contributed by atoms with Gasteiger partial charge < -0.3 is 15.0 Å². The molecule has 1 aliphatic heterocycles. The maximum absolute atomic E-state index is 12.9. The minimum atomic E-state index is -0.215. The molecule has 116 valence electrons. The number of benzene rings is 1. The number of nitrogens with zero attached hydrogens (tertiary/aromatic N) is 1. The zero-order valence-corrected chi connectivity index (χ0v) is 13.3. The predicted molar refractivity (Wildman–Crippen MR) is 84.3 cm³/mol. The van der Waals surface area contributed by atoms with E-state index < -0.39 is 0 Å².